The Morgan fingerprint density at radius 1 is 1.25 bits per heavy atom. The van der Waals surface area contributed by atoms with Crippen LogP contribution in [-0.2, 0) is 9.59 Å². The van der Waals surface area contributed by atoms with Crippen molar-refractivity contribution in [2.45, 2.75) is 0 Å². The summed E-state index contributed by atoms with van der Waals surface area (Å²) in [5, 5.41) is 2.25. The van der Waals surface area contributed by atoms with E-state index in [4.69, 9.17) is 22.7 Å². The summed E-state index contributed by atoms with van der Waals surface area (Å²) in [7, 11) is 0. The first-order valence-corrected chi connectivity index (χ1v) is 6.53. The molecule has 1 aromatic carbocycles. The van der Waals surface area contributed by atoms with Crippen LogP contribution in [0.4, 0.5) is 0 Å². The van der Waals surface area contributed by atoms with Crippen molar-refractivity contribution in [3.05, 3.63) is 29.8 Å². The molecule has 1 aliphatic heterocycles. The van der Waals surface area contributed by atoms with E-state index in [1.165, 1.54) is 0 Å². The van der Waals surface area contributed by atoms with Crippen LogP contribution >= 0.6 is 12.2 Å². The number of nitrogens with zero attached hydrogens (tertiary/aromatic N) is 1. The average molecular weight is 293 g/mol. The second kappa shape index (κ2) is 6.44. The normalized spacial score (nSPS) is 15.8. The van der Waals surface area contributed by atoms with E-state index in [1.54, 1.807) is 29.2 Å². The lowest BCUT2D eigenvalue weighted by atomic mass is 10.2. The molecule has 1 saturated heterocycles. The fourth-order valence-electron chi connectivity index (χ4n) is 1.86. The molecule has 106 valence electrons. The number of carbonyl (C=O) groups excluding carboxylic acids is 2. The molecule has 0 spiro atoms. The maximum atomic E-state index is 11.2. The van der Waals surface area contributed by atoms with E-state index in [-0.39, 0.29) is 24.9 Å². The van der Waals surface area contributed by atoms with Crippen molar-refractivity contribution in [3.8, 4) is 5.75 Å². The van der Waals surface area contributed by atoms with E-state index in [2.05, 4.69) is 5.32 Å². The quantitative estimate of drug-likeness (QED) is 0.571. The molecule has 0 unspecified atom stereocenters. The van der Waals surface area contributed by atoms with Gasteiger partial charge in [-0.25, -0.2) is 0 Å². The van der Waals surface area contributed by atoms with Gasteiger partial charge in [-0.1, -0.05) is 12.2 Å². The number of hydrogen-bond acceptors (Lipinski definition) is 5. The first kappa shape index (κ1) is 14.4. The molecule has 0 aromatic heterocycles. The van der Waals surface area contributed by atoms with Gasteiger partial charge in [0.25, 0.3) is 0 Å². The lowest BCUT2D eigenvalue weighted by Crippen LogP contribution is -2.52. The summed E-state index contributed by atoms with van der Waals surface area (Å²) in [6, 6.07) is 7.14. The maximum absolute atomic E-state index is 11.2. The fourth-order valence-corrected chi connectivity index (χ4v) is 2.00. The number of imide groups is 1. The summed E-state index contributed by atoms with van der Waals surface area (Å²) in [6.45, 7) is 1.34. The van der Waals surface area contributed by atoms with Gasteiger partial charge in [-0.3, -0.25) is 19.8 Å². The summed E-state index contributed by atoms with van der Waals surface area (Å²) in [6.07, 6.45) is 0. The van der Waals surface area contributed by atoms with Gasteiger partial charge in [-0.05, 0) is 24.3 Å². The standard InChI is InChI=1S/C13H15N3O3S/c14-13(20)9-1-3-10(4-2-9)19-6-5-16-7-11(17)15-12(18)8-16/h1-4H,5-8H2,(H2,14,20)(H,15,17,18). The molecule has 2 amide bonds. The van der Waals surface area contributed by atoms with Crippen LogP contribution < -0.4 is 15.8 Å². The first-order valence-electron chi connectivity index (χ1n) is 6.12. The Labute approximate surface area is 121 Å². The third-order valence-electron chi connectivity index (χ3n) is 2.83. The monoisotopic (exact) mass is 293 g/mol. The van der Waals surface area contributed by atoms with Crippen LogP contribution in [0.15, 0.2) is 24.3 Å². The van der Waals surface area contributed by atoms with Crippen molar-refractivity contribution in [2.24, 2.45) is 5.73 Å². The molecule has 1 fully saturated rings. The van der Waals surface area contributed by atoms with Crippen LogP contribution in [0.1, 0.15) is 5.56 Å². The highest BCUT2D eigenvalue weighted by molar-refractivity contribution is 7.80. The third-order valence-corrected chi connectivity index (χ3v) is 3.06. The first-order chi connectivity index (χ1) is 9.54. The van der Waals surface area contributed by atoms with Gasteiger partial charge in [0, 0.05) is 12.1 Å². The number of carbonyl (C=O) groups is 2. The molecule has 0 atom stereocenters. The van der Waals surface area contributed by atoms with E-state index < -0.39 is 0 Å². The second-order valence-electron chi connectivity index (χ2n) is 4.42. The van der Waals surface area contributed by atoms with E-state index in [0.717, 1.165) is 5.56 Å². The Morgan fingerprint density at radius 2 is 1.85 bits per heavy atom. The van der Waals surface area contributed by atoms with E-state index in [9.17, 15) is 9.59 Å². The fraction of sp³-hybridized carbons (Fsp3) is 0.308. The lowest BCUT2D eigenvalue weighted by Gasteiger charge is -2.24. The minimum absolute atomic E-state index is 0.218. The number of hydrogen-bond donors (Lipinski definition) is 2. The zero-order valence-corrected chi connectivity index (χ0v) is 11.6. The third kappa shape index (κ3) is 4.01. The van der Waals surface area contributed by atoms with E-state index in [0.29, 0.717) is 23.9 Å². The largest absolute Gasteiger partial charge is 0.492 e. The molecule has 3 N–H and O–H groups in total. The van der Waals surface area contributed by atoms with Gasteiger partial charge in [0.15, 0.2) is 0 Å². The van der Waals surface area contributed by atoms with Crippen molar-refractivity contribution >= 4 is 29.0 Å². The second-order valence-corrected chi connectivity index (χ2v) is 4.86. The molecule has 7 heteroatoms. The van der Waals surface area contributed by atoms with Crippen LogP contribution in [0.3, 0.4) is 0 Å². The highest BCUT2D eigenvalue weighted by atomic mass is 32.1. The number of rotatable bonds is 5. The van der Waals surface area contributed by atoms with Gasteiger partial charge in [0.1, 0.15) is 17.3 Å². The van der Waals surface area contributed by atoms with Crippen molar-refractivity contribution in [1.82, 2.24) is 10.2 Å². The Hall–Kier alpha value is -1.99. The van der Waals surface area contributed by atoms with Gasteiger partial charge in [0.2, 0.25) is 11.8 Å². The van der Waals surface area contributed by atoms with Crippen molar-refractivity contribution in [2.75, 3.05) is 26.2 Å². The molecular formula is C13H15N3O3S. The van der Waals surface area contributed by atoms with Gasteiger partial charge in [-0.15, -0.1) is 0 Å². The Balaban J connectivity index is 1.79. The van der Waals surface area contributed by atoms with Gasteiger partial charge >= 0.3 is 0 Å². The topological polar surface area (TPSA) is 84.7 Å². The molecule has 1 heterocycles. The summed E-state index contributed by atoms with van der Waals surface area (Å²) in [4.78, 5) is 24.4. The predicted octanol–water partition coefficient (Wildman–Crippen LogP) is -0.342. The Morgan fingerprint density at radius 3 is 2.40 bits per heavy atom. The summed E-state index contributed by atoms with van der Waals surface area (Å²) >= 11 is 4.86. The van der Waals surface area contributed by atoms with Crippen molar-refractivity contribution in [3.63, 3.8) is 0 Å². The minimum Gasteiger partial charge on any atom is -0.492 e. The smallest absolute Gasteiger partial charge is 0.240 e. The molecule has 6 nitrogen and oxygen atoms in total. The zero-order valence-electron chi connectivity index (χ0n) is 10.8. The molecule has 1 aliphatic rings. The Bertz CT molecular complexity index is 514. The molecular weight excluding hydrogens is 278 g/mol. The molecule has 2 rings (SSSR count). The number of amides is 2. The highest BCUT2D eigenvalue weighted by Gasteiger charge is 2.21. The number of piperazine rings is 1. The van der Waals surface area contributed by atoms with Crippen LogP contribution in [0.2, 0.25) is 0 Å². The molecule has 0 aliphatic carbocycles. The van der Waals surface area contributed by atoms with E-state index in [1.807, 2.05) is 0 Å². The summed E-state index contributed by atoms with van der Waals surface area (Å²) in [5.74, 6) is 0.141. The molecule has 0 saturated carbocycles. The predicted molar refractivity (Wildman–Crippen MR) is 77.4 cm³/mol. The van der Waals surface area contributed by atoms with E-state index >= 15 is 0 Å². The van der Waals surface area contributed by atoms with Crippen molar-refractivity contribution in [1.29, 1.82) is 0 Å². The molecule has 0 radical (unpaired) electrons. The van der Waals surface area contributed by atoms with Gasteiger partial charge < -0.3 is 10.5 Å². The Kier molecular flexibility index (Phi) is 4.65. The van der Waals surface area contributed by atoms with Crippen LogP contribution in [0, 0.1) is 0 Å². The number of ether oxygens (including phenoxy) is 1. The highest BCUT2D eigenvalue weighted by Crippen LogP contribution is 2.12. The summed E-state index contributed by atoms with van der Waals surface area (Å²) < 4.78 is 5.55. The molecule has 1 aromatic rings. The number of thiocarbonyl (C=S) groups is 1. The maximum Gasteiger partial charge on any atom is 0.240 e. The zero-order chi connectivity index (χ0) is 14.5. The van der Waals surface area contributed by atoms with Gasteiger partial charge in [0.05, 0.1) is 13.1 Å². The van der Waals surface area contributed by atoms with Crippen LogP contribution in [-0.4, -0.2) is 47.9 Å². The van der Waals surface area contributed by atoms with Crippen molar-refractivity contribution < 1.29 is 14.3 Å². The SMILES string of the molecule is NC(=S)c1ccc(OCCN2CC(=O)NC(=O)C2)cc1. The molecule has 20 heavy (non-hydrogen) atoms. The minimum atomic E-state index is -0.276. The number of nitrogens with one attached hydrogen (secondary N) is 1. The van der Waals surface area contributed by atoms with Crippen LogP contribution in [0.25, 0.3) is 0 Å². The lowest BCUT2D eigenvalue weighted by molar-refractivity contribution is -0.136. The van der Waals surface area contributed by atoms with Crippen LogP contribution in [0.5, 0.6) is 5.75 Å². The van der Waals surface area contributed by atoms with Gasteiger partial charge in [-0.2, -0.15) is 0 Å². The molecule has 0 bridgehead atoms. The summed E-state index contributed by atoms with van der Waals surface area (Å²) in [5.41, 5.74) is 6.28. The average Bonchev–Trinajstić information content (AvgIpc) is 2.38. The number of benzene rings is 1. The number of nitrogens with two attached hydrogens (primary N) is 1.